The Morgan fingerprint density at radius 1 is 1.07 bits per heavy atom. The number of nitrogens with one attached hydrogen (secondary N) is 1. The topological polar surface area (TPSA) is 54.6 Å². The van der Waals surface area contributed by atoms with E-state index >= 15 is 0 Å². The van der Waals surface area contributed by atoms with Gasteiger partial charge < -0.3 is 9.73 Å². The maximum Gasteiger partial charge on any atom is 0.264 e. The maximum absolute atomic E-state index is 12.3. The van der Waals surface area contributed by atoms with Crippen LogP contribution in [0.25, 0.3) is 17.4 Å². The van der Waals surface area contributed by atoms with E-state index in [-0.39, 0.29) is 5.91 Å². The minimum atomic E-state index is -0.216. The number of nitrogens with zero attached hydrogens (tertiary/aromatic N) is 1. The van der Waals surface area contributed by atoms with E-state index in [0.717, 1.165) is 11.3 Å². The molecule has 1 N–H and O–H groups in total. The Balaban J connectivity index is 1.59. The van der Waals surface area contributed by atoms with Crippen LogP contribution < -0.4 is 5.32 Å². The molecule has 0 unspecified atom stereocenters. The predicted octanol–water partition coefficient (Wildman–Crippen LogP) is 6.76. The number of benzene rings is 2. The van der Waals surface area contributed by atoms with Crippen LogP contribution in [-0.4, -0.2) is 11.1 Å². The summed E-state index contributed by atoms with van der Waals surface area (Å²) in [5.74, 6) is 0.855. The molecule has 7 heteroatoms. The third-order valence-electron chi connectivity index (χ3n) is 4.33. The maximum atomic E-state index is 12.3. The Labute approximate surface area is 182 Å². The molecule has 1 aromatic heterocycles. The van der Waals surface area contributed by atoms with Gasteiger partial charge in [0.1, 0.15) is 11.5 Å². The van der Waals surface area contributed by atoms with Crippen LogP contribution in [-0.2, 0) is 4.79 Å². The van der Waals surface area contributed by atoms with Gasteiger partial charge in [0.15, 0.2) is 5.17 Å². The van der Waals surface area contributed by atoms with Crippen LogP contribution in [0.4, 0.5) is 5.69 Å². The first-order valence-electron chi connectivity index (χ1n) is 8.82. The lowest BCUT2D eigenvalue weighted by Crippen LogP contribution is -2.19. The van der Waals surface area contributed by atoms with Crippen LogP contribution in [0.3, 0.4) is 0 Å². The summed E-state index contributed by atoms with van der Waals surface area (Å²) >= 11 is 13.8. The van der Waals surface area contributed by atoms with Gasteiger partial charge in [-0.25, -0.2) is 4.99 Å². The van der Waals surface area contributed by atoms with Gasteiger partial charge in [0.2, 0.25) is 0 Å². The van der Waals surface area contributed by atoms with Gasteiger partial charge in [-0.2, -0.15) is 0 Å². The smallest absolute Gasteiger partial charge is 0.264 e. The standard InChI is InChI=1S/C22H16Cl2N2O2S/c1-12-6-8-17(13(2)10-12)25-22-26-21(27)19(29-22)11-14-7-9-18(28-14)20-15(23)4-3-5-16(20)24/h3-11H,1-2H3,(H,25,26,27). The van der Waals surface area contributed by atoms with Crippen LogP contribution in [0.15, 0.2) is 62.8 Å². The average Bonchev–Trinajstić information content (AvgIpc) is 3.25. The quantitative estimate of drug-likeness (QED) is 0.455. The molecule has 1 fully saturated rings. The number of hydrogen-bond donors (Lipinski definition) is 1. The van der Waals surface area contributed by atoms with E-state index in [1.165, 1.54) is 17.3 Å². The molecule has 4 rings (SSSR count). The zero-order valence-electron chi connectivity index (χ0n) is 15.6. The van der Waals surface area contributed by atoms with Crippen molar-refractivity contribution in [3.05, 3.63) is 80.4 Å². The van der Waals surface area contributed by atoms with Gasteiger partial charge >= 0.3 is 0 Å². The van der Waals surface area contributed by atoms with Crippen molar-refractivity contribution < 1.29 is 9.21 Å². The molecule has 1 aliphatic rings. The van der Waals surface area contributed by atoms with Crippen LogP contribution in [0.2, 0.25) is 10.0 Å². The van der Waals surface area contributed by atoms with Crippen molar-refractivity contribution in [3.8, 4) is 11.3 Å². The third-order valence-corrected chi connectivity index (χ3v) is 5.87. The summed E-state index contributed by atoms with van der Waals surface area (Å²) in [5, 5.41) is 4.33. The van der Waals surface area contributed by atoms with Crippen molar-refractivity contribution >= 4 is 57.8 Å². The van der Waals surface area contributed by atoms with Gasteiger partial charge in [-0.3, -0.25) is 4.79 Å². The minimum Gasteiger partial charge on any atom is -0.457 e. The molecule has 146 valence electrons. The van der Waals surface area contributed by atoms with Gasteiger partial charge in [-0.15, -0.1) is 0 Å². The van der Waals surface area contributed by atoms with Gasteiger partial charge in [-0.1, -0.05) is 47.0 Å². The molecule has 0 bridgehead atoms. The van der Waals surface area contributed by atoms with Crippen molar-refractivity contribution in [2.45, 2.75) is 13.8 Å². The van der Waals surface area contributed by atoms with Crippen molar-refractivity contribution in [2.75, 3.05) is 0 Å². The first-order valence-corrected chi connectivity index (χ1v) is 10.4. The first-order chi connectivity index (χ1) is 13.9. The number of hydrogen-bond acceptors (Lipinski definition) is 4. The van der Waals surface area contributed by atoms with Gasteiger partial charge in [0, 0.05) is 6.08 Å². The highest BCUT2D eigenvalue weighted by molar-refractivity contribution is 8.18. The molecule has 3 aromatic rings. The van der Waals surface area contributed by atoms with Crippen molar-refractivity contribution in [1.29, 1.82) is 0 Å². The molecular formula is C22H16Cl2N2O2S. The highest BCUT2D eigenvalue weighted by Crippen LogP contribution is 2.36. The molecule has 1 amide bonds. The number of carbonyl (C=O) groups is 1. The molecule has 0 spiro atoms. The summed E-state index contributed by atoms with van der Waals surface area (Å²) in [6.07, 6.45) is 1.68. The van der Waals surface area contributed by atoms with E-state index < -0.39 is 0 Å². The summed E-state index contributed by atoms with van der Waals surface area (Å²) in [5.41, 5.74) is 3.67. The summed E-state index contributed by atoms with van der Waals surface area (Å²) in [7, 11) is 0. The molecule has 0 radical (unpaired) electrons. The summed E-state index contributed by atoms with van der Waals surface area (Å²) in [4.78, 5) is 17.4. The summed E-state index contributed by atoms with van der Waals surface area (Å²) in [6.45, 7) is 4.03. The molecule has 2 aromatic carbocycles. The predicted molar refractivity (Wildman–Crippen MR) is 121 cm³/mol. The molecule has 0 aliphatic carbocycles. The van der Waals surface area contributed by atoms with E-state index in [0.29, 0.717) is 37.2 Å². The highest BCUT2D eigenvalue weighted by Gasteiger charge is 2.24. The molecular weight excluding hydrogens is 427 g/mol. The largest absolute Gasteiger partial charge is 0.457 e. The summed E-state index contributed by atoms with van der Waals surface area (Å²) < 4.78 is 5.85. The van der Waals surface area contributed by atoms with Gasteiger partial charge in [0.05, 0.1) is 26.2 Å². The molecule has 4 nitrogen and oxygen atoms in total. The van der Waals surface area contributed by atoms with Crippen LogP contribution in [0.1, 0.15) is 16.9 Å². The number of halogens is 2. The van der Waals surface area contributed by atoms with E-state index in [1.54, 1.807) is 36.4 Å². The number of amides is 1. The monoisotopic (exact) mass is 442 g/mol. The third kappa shape index (κ3) is 4.27. The molecule has 1 saturated heterocycles. The van der Waals surface area contributed by atoms with E-state index in [2.05, 4.69) is 16.4 Å². The van der Waals surface area contributed by atoms with Gasteiger partial charge in [0.25, 0.3) is 5.91 Å². The van der Waals surface area contributed by atoms with Crippen LogP contribution in [0.5, 0.6) is 0 Å². The Kier molecular flexibility index (Phi) is 5.54. The second-order valence-corrected chi connectivity index (χ2v) is 8.42. The Morgan fingerprint density at radius 3 is 2.55 bits per heavy atom. The second kappa shape index (κ2) is 8.11. The second-order valence-electron chi connectivity index (χ2n) is 6.57. The Morgan fingerprint density at radius 2 is 1.83 bits per heavy atom. The number of amidine groups is 1. The molecule has 0 saturated carbocycles. The lowest BCUT2D eigenvalue weighted by atomic mass is 10.1. The fraction of sp³-hybridized carbons (Fsp3) is 0.0909. The first kappa shape index (κ1) is 19.8. The van der Waals surface area contributed by atoms with E-state index in [4.69, 9.17) is 27.6 Å². The van der Waals surface area contributed by atoms with Crippen molar-refractivity contribution in [2.24, 2.45) is 4.99 Å². The fourth-order valence-electron chi connectivity index (χ4n) is 2.95. The normalized spacial score (nSPS) is 16.6. The van der Waals surface area contributed by atoms with Gasteiger partial charge in [-0.05, 0) is 61.5 Å². The van der Waals surface area contributed by atoms with Crippen molar-refractivity contribution in [3.63, 3.8) is 0 Å². The van der Waals surface area contributed by atoms with E-state index in [1.807, 2.05) is 26.0 Å². The zero-order valence-corrected chi connectivity index (χ0v) is 18.0. The van der Waals surface area contributed by atoms with Crippen LogP contribution in [0, 0.1) is 13.8 Å². The molecule has 1 aliphatic heterocycles. The Bertz CT molecular complexity index is 1160. The number of aliphatic imine (C=N–C) groups is 1. The SMILES string of the molecule is Cc1ccc(N=C2NC(=O)C(=Cc3ccc(-c4c(Cl)cccc4Cl)o3)S2)c(C)c1. The Hall–Kier alpha value is -2.47. The molecule has 0 atom stereocenters. The average molecular weight is 443 g/mol. The number of furan rings is 1. The summed E-state index contributed by atoms with van der Waals surface area (Å²) in [6, 6.07) is 14.8. The van der Waals surface area contributed by atoms with E-state index in [9.17, 15) is 4.79 Å². The number of thioether (sulfide) groups is 1. The number of carbonyl (C=O) groups excluding carboxylic acids is 1. The number of aryl methyl sites for hydroxylation is 2. The lowest BCUT2D eigenvalue weighted by molar-refractivity contribution is -0.115. The van der Waals surface area contributed by atoms with Crippen LogP contribution >= 0.6 is 35.0 Å². The minimum absolute atomic E-state index is 0.216. The highest BCUT2D eigenvalue weighted by atomic mass is 35.5. The number of rotatable bonds is 3. The molecule has 29 heavy (non-hydrogen) atoms. The zero-order chi connectivity index (χ0) is 20.5. The lowest BCUT2D eigenvalue weighted by Gasteiger charge is -2.02. The molecule has 2 heterocycles. The van der Waals surface area contributed by atoms with Crippen molar-refractivity contribution in [1.82, 2.24) is 5.32 Å². The fourth-order valence-corrected chi connectivity index (χ4v) is 4.35.